The van der Waals surface area contributed by atoms with Crippen molar-refractivity contribution in [3.8, 4) is 0 Å². The van der Waals surface area contributed by atoms with Gasteiger partial charge in [0.1, 0.15) is 0 Å². The molecule has 0 amide bonds. The summed E-state index contributed by atoms with van der Waals surface area (Å²) in [5, 5.41) is 3.06. The molecule has 0 aliphatic rings. The summed E-state index contributed by atoms with van der Waals surface area (Å²) >= 11 is 0. The second-order valence-corrected chi connectivity index (χ2v) is 3.91. The van der Waals surface area contributed by atoms with Gasteiger partial charge in [0.05, 0.1) is 17.9 Å². The summed E-state index contributed by atoms with van der Waals surface area (Å²) in [7, 11) is 3.81. The van der Waals surface area contributed by atoms with Gasteiger partial charge in [-0.1, -0.05) is 0 Å². The maximum absolute atomic E-state index is 11.6. The lowest BCUT2D eigenvalue weighted by Crippen LogP contribution is -2.28. The molecule has 1 heterocycles. The SMILES string of the molecule is CCOC(=O)c1cnc(N(C)CCNC)nc1C. The number of aromatic nitrogens is 2. The third-order valence-electron chi connectivity index (χ3n) is 2.50. The summed E-state index contributed by atoms with van der Waals surface area (Å²) in [4.78, 5) is 22.0. The van der Waals surface area contributed by atoms with Crippen LogP contribution in [0.4, 0.5) is 5.95 Å². The molecule has 1 rings (SSSR count). The van der Waals surface area contributed by atoms with Crippen LogP contribution in [-0.2, 0) is 4.74 Å². The van der Waals surface area contributed by atoms with Gasteiger partial charge in [-0.2, -0.15) is 0 Å². The number of hydrogen-bond donors (Lipinski definition) is 1. The maximum Gasteiger partial charge on any atom is 0.341 e. The number of hydrogen-bond acceptors (Lipinski definition) is 6. The minimum Gasteiger partial charge on any atom is -0.462 e. The number of likely N-dealkylation sites (N-methyl/N-ethyl adjacent to an activating group) is 2. The number of nitrogens with one attached hydrogen (secondary N) is 1. The quantitative estimate of drug-likeness (QED) is 0.749. The predicted molar refractivity (Wildman–Crippen MR) is 69.9 cm³/mol. The van der Waals surface area contributed by atoms with Crippen LogP contribution in [0.1, 0.15) is 23.0 Å². The van der Waals surface area contributed by atoms with Crippen LogP contribution in [0.2, 0.25) is 0 Å². The van der Waals surface area contributed by atoms with E-state index in [1.165, 1.54) is 6.20 Å². The van der Waals surface area contributed by atoms with E-state index in [0.717, 1.165) is 13.1 Å². The first-order chi connectivity index (χ1) is 8.60. The Labute approximate surface area is 107 Å². The lowest BCUT2D eigenvalue weighted by molar-refractivity contribution is 0.0524. The zero-order valence-electron chi connectivity index (χ0n) is 11.4. The minimum absolute atomic E-state index is 0.349. The van der Waals surface area contributed by atoms with Gasteiger partial charge in [0.15, 0.2) is 0 Å². The number of aryl methyl sites for hydroxylation is 1. The van der Waals surface area contributed by atoms with Gasteiger partial charge < -0.3 is 15.0 Å². The van der Waals surface area contributed by atoms with Crippen LogP contribution in [-0.4, -0.2) is 49.7 Å². The Morgan fingerprint density at radius 3 is 2.83 bits per heavy atom. The molecule has 1 aromatic rings. The Morgan fingerprint density at radius 2 is 2.28 bits per heavy atom. The molecule has 1 N–H and O–H groups in total. The molecule has 6 heteroatoms. The van der Waals surface area contributed by atoms with E-state index in [-0.39, 0.29) is 5.97 Å². The first-order valence-electron chi connectivity index (χ1n) is 5.96. The van der Waals surface area contributed by atoms with Gasteiger partial charge in [-0.3, -0.25) is 0 Å². The minimum atomic E-state index is -0.376. The van der Waals surface area contributed by atoms with Crippen LogP contribution in [0.15, 0.2) is 6.20 Å². The summed E-state index contributed by atoms with van der Waals surface area (Å²) in [6.45, 7) is 5.55. The van der Waals surface area contributed by atoms with E-state index in [1.807, 2.05) is 19.0 Å². The third kappa shape index (κ3) is 3.66. The molecule has 0 radical (unpaired) electrons. The Kier molecular flexibility index (Phi) is 5.51. The fourth-order valence-corrected chi connectivity index (χ4v) is 1.43. The topological polar surface area (TPSA) is 67.3 Å². The highest BCUT2D eigenvalue weighted by atomic mass is 16.5. The molecular formula is C12H20N4O2. The highest BCUT2D eigenvalue weighted by Gasteiger charge is 2.13. The number of ether oxygens (including phenoxy) is 1. The average Bonchev–Trinajstić information content (AvgIpc) is 2.35. The van der Waals surface area contributed by atoms with Gasteiger partial charge in [0, 0.05) is 26.3 Å². The first kappa shape index (κ1) is 14.4. The van der Waals surface area contributed by atoms with Gasteiger partial charge in [-0.25, -0.2) is 14.8 Å². The molecular weight excluding hydrogens is 232 g/mol. The Balaban J connectivity index is 2.81. The molecule has 18 heavy (non-hydrogen) atoms. The Hall–Kier alpha value is -1.69. The second kappa shape index (κ2) is 6.90. The molecule has 0 unspecified atom stereocenters. The molecule has 100 valence electrons. The first-order valence-corrected chi connectivity index (χ1v) is 5.96. The van der Waals surface area contributed by atoms with Crippen molar-refractivity contribution in [1.29, 1.82) is 0 Å². The zero-order chi connectivity index (χ0) is 13.5. The van der Waals surface area contributed by atoms with Crippen LogP contribution in [0, 0.1) is 6.92 Å². The van der Waals surface area contributed by atoms with E-state index < -0.39 is 0 Å². The van der Waals surface area contributed by atoms with Crippen molar-refractivity contribution in [3.05, 3.63) is 17.5 Å². The number of carbonyl (C=O) groups is 1. The molecule has 0 aliphatic carbocycles. The Morgan fingerprint density at radius 1 is 1.56 bits per heavy atom. The maximum atomic E-state index is 11.6. The predicted octanol–water partition coefficient (Wildman–Crippen LogP) is 0.617. The Bertz CT molecular complexity index is 409. The average molecular weight is 252 g/mol. The van der Waals surface area contributed by atoms with Crippen LogP contribution < -0.4 is 10.2 Å². The largest absolute Gasteiger partial charge is 0.462 e. The van der Waals surface area contributed by atoms with Crippen LogP contribution in [0.25, 0.3) is 0 Å². The molecule has 0 saturated carbocycles. The third-order valence-corrected chi connectivity index (χ3v) is 2.50. The summed E-state index contributed by atoms with van der Waals surface area (Å²) in [5.41, 5.74) is 1.05. The monoisotopic (exact) mass is 252 g/mol. The van der Waals surface area contributed by atoms with Crippen LogP contribution in [0.3, 0.4) is 0 Å². The van der Waals surface area contributed by atoms with Crippen molar-refractivity contribution < 1.29 is 9.53 Å². The van der Waals surface area contributed by atoms with Crippen molar-refractivity contribution in [3.63, 3.8) is 0 Å². The van der Waals surface area contributed by atoms with E-state index in [2.05, 4.69) is 15.3 Å². The highest BCUT2D eigenvalue weighted by molar-refractivity contribution is 5.90. The van der Waals surface area contributed by atoms with Crippen molar-refractivity contribution >= 4 is 11.9 Å². The standard InChI is InChI=1S/C12H20N4O2/c1-5-18-11(17)10-8-14-12(15-9(10)2)16(4)7-6-13-3/h8,13H,5-7H2,1-4H3. The van der Waals surface area contributed by atoms with Crippen molar-refractivity contribution in [2.24, 2.45) is 0 Å². The number of nitrogens with zero attached hydrogens (tertiary/aromatic N) is 3. The van der Waals surface area contributed by atoms with Crippen molar-refractivity contribution in [2.75, 3.05) is 38.7 Å². The van der Waals surface area contributed by atoms with E-state index in [1.54, 1.807) is 13.8 Å². The van der Waals surface area contributed by atoms with E-state index in [0.29, 0.717) is 23.8 Å². The fourth-order valence-electron chi connectivity index (χ4n) is 1.43. The molecule has 0 fully saturated rings. The molecule has 0 spiro atoms. The molecule has 1 aromatic heterocycles. The van der Waals surface area contributed by atoms with E-state index in [4.69, 9.17) is 4.74 Å². The highest BCUT2D eigenvalue weighted by Crippen LogP contribution is 2.10. The van der Waals surface area contributed by atoms with Crippen molar-refractivity contribution in [1.82, 2.24) is 15.3 Å². The number of rotatable bonds is 6. The fraction of sp³-hybridized carbons (Fsp3) is 0.583. The van der Waals surface area contributed by atoms with Gasteiger partial charge in [0.2, 0.25) is 5.95 Å². The van der Waals surface area contributed by atoms with Gasteiger partial charge in [-0.15, -0.1) is 0 Å². The molecule has 0 bridgehead atoms. The van der Waals surface area contributed by atoms with Gasteiger partial charge >= 0.3 is 5.97 Å². The number of anilines is 1. The van der Waals surface area contributed by atoms with Gasteiger partial charge in [-0.05, 0) is 20.9 Å². The summed E-state index contributed by atoms with van der Waals surface area (Å²) in [6, 6.07) is 0. The smallest absolute Gasteiger partial charge is 0.341 e. The van der Waals surface area contributed by atoms with E-state index in [9.17, 15) is 4.79 Å². The molecule has 0 atom stereocenters. The number of carbonyl (C=O) groups excluding carboxylic acids is 1. The lowest BCUT2D eigenvalue weighted by Gasteiger charge is -2.17. The molecule has 0 aromatic carbocycles. The second-order valence-electron chi connectivity index (χ2n) is 3.91. The molecule has 0 saturated heterocycles. The summed E-state index contributed by atoms with van der Waals surface area (Å²) in [5.74, 6) is 0.232. The van der Waals surface area contributed by atoms with E-state index >= 15 is 0 Å². The van der Waals surface area contributed by atoms with Crippen LogP contribution >= 0.6 is 0 Å². The normalized spacial score (nSPS) is 10.2. The summed E-state index contributed by atoms with van der Waals surface area (Å²) < 4.78 is 4.93. The zero-order valence-corrected chi connectivity index (χ0v) is 11.4. The number of esters is 1. The lowest BCUT2D eigenvalue weighted by atomic mass is 10.2. The van der Waals surface area contributed by atoms with Crippen molar-refractivity contribution in [2.45, 2.75) is 13.8 Å². The molecule has 0 aliphatic heterocycles. The van der Waals surface area contributed by atoms with Gasteiger partial charge in [0.25, 0.3) is 0 Å². The summed E-state index contributed by atoms with van der Waals surface area (Å²) in [6.07, 6.45) is 1.52. The van der Waals surface area contributed by atoms with Crippen LogP contribution in [0.5, 0.6) is 0 Å². The molecule has 6 nitrogen and oxygen atoms in total.